The SMILES string of the molecule is O=C(Cc1csc(NC(=O)C2CC2)n1)Nc1ccc(OC(F)(F)F)cc1. The maximum atomic E-state index is 12.1. The quantitative estimate of drug-likeness (QED) is 0.797. The van der Waals surface area contributed by atoms with Gasteiger partial charge in [0.05, 0.1) is 12.1 Å². The van der Waals surface area contributed by atoms with Gasteiger partial charge >= 0.3 is 6.36 Å². The smallest absolute Gasteiger partial charge is 0.406 e. The van der Waals surface area contributed by atoms with Crippen molar-refractivity contribution >= 4 is 34.0 Å². The molecule has 10 heteroatoms. The summed E-state index contributed by atoms with van der Waals surface area (Å²) in [7, 11) is 0. The Kier molecular flexibility index (Phi) is 5.12. The first-order valence-corrected chi connectivity index (χ1v) is 8.57. The molecule has 1 heterocycles. The van der Waals surface area contributed by atoms with Crippen LogP contribution in [0.15, 0.2) is 29.6 Å². The van der Waals surface area contributed by atoms with Crippen LogP contribution in [-0.4, -0.2) is 23.2 Å². The second kappa shape index (κ2) is 7.32. The van der Waals surface area contributed by atoms with Gasteiger partial charge in [0, 0.05) is 17.0 Å². The van der Waals surface area contributed by atoms with E-state index in [0.717, 1.165) is 25.0 Å². The molecule has 1 aromatic carbocycles. The number of ether oxygens (including phenoxy) is 1. The Balaban J connectivity index is 1.50. The van der Waals surface area contributed by atoms with Crippen molar-refractivity contribution in [3.05, 3.63) is 35.3 Å². The second-order valence-electron chi connectivity index (χ2n) is 5.70. The number of benzene rings is 1. The normalized spacial score (nSPS) is 14.0. The number of alkyl halides is 3. The van der Waals surface area contributed by atoms with Gasteiger partial charge in [0.1, 0.15) is 5.75 Å². The van der Waals surface area contributed by atoms with Gasteiger partial charge in [-0.05, 0) is 37.1 Å². The molecule has 0 unspecified atom stereocenters. The zero-order valence-electron chi connectivity index (χ0n) is 13.3. The van der Waals surface area contributed by atoms with Gasteiger partial charge in [-0.2, -0.15) is 0 Å². The average Bonchev–Trinajstić information content (AvgIpc) is 3.31. The fraction of sp³-hybridized carbons (Fsp3) is 0.312. The van der Waals surface area contributed by atoms with Crippen molar-refractivity contribution in [1.29, 1.82) is 0 Å². The highest BCUT2D eigenvalue weighted by atomic mass is 32.1. The topological polar surface area (TPSA) is 80.3 Å². The number of aromatic nitrogens is 1. The highest BCUT2D eigenvalue weighted by Gasteiger charge is 2.31. The first kappa shape index (κ1) is 18.2. The third kappa shape index (κ3) is 5.45. The molecule has 1 saturated carbocycles. The van der Waals surface area contributed by atoms with Crippen LogP contribution in [0.2, 0.25) is 0 Å². The zero-order valence-corrected chi connectivity index (χ0v) is 14.1. The highest BCUT2D eigenvalue weighted by molar-refractivity contribution is 7.13. The van der Waals surface area contributed by atoms with Crippen LogP contribution in [0.5, 0.6) is 5.75 Å². The zero-order chi connectivity index (χ0) is 18.7. The lowest BCUT2D eigenvalue weighted by molar-refractivity contribution is -0.274. The molecule has 0 spiro atoms. The molecule has 6 nitrogen and oxygen atoms in total. The van der Waals surface area contributed by atoms with E-state index in [2.05, 4.69) is 20.4 Å². The fourth-order valence-corrected chi connectivity index (χ4v) is 2.82. The van der Waals surface area contributed by atoms with Crippen LogP contribution >= 0.6 is 11.3 Å². The van der Waals surface area contributed by atoms with E-state index in [1.165, 1.54) is 23.5 Å². The number of amides is 2. The van der Waals surface area contributed by atoms with Crippen LogP contribution in [0.1, 0.15) is 18.5 Å². The van der Waals surface area contributed by atoms with E-state index in [1.807, 2.05) is 0 Å². The molecule has 2 N–H and O–H groups in total. The molecule has 0 saturated heterocycles. The Bertz CT molecular complexity index is 801. The highest BCUT2D eigenvalue weighted by Crippen LogP contribution is 2.30. The van der Waals surface area contributed by atoms with E-state index in [0.29, 0.717) is 16.5 Å². The van der Waals surface area contributed by atoms with Gasteiger partial charge in [-0.15, -0.1) is 24.5 Å². The standard InChI is InChI=1S/C16H14F3N3O3S/c17-16(18,19)25-12-5-3-10(4-6-12)20-13(23)7-11-8-26-15(21-11)22-14(24)9-1-2-9/h3-6,8-9H,1-2,7H2,(H,20,23)(H,21,22,24). The summed E-state index contributed by atoms with van der Waals surface area (Å²) in [5.41, 5.74) is 0.831. The minimum absolute atomic E-state index is 0.0173. The van der Waals surface area contributed by atoms with Gasteiger partial charge in [0.15, 0.2) is 5.13 Å². The summed E-state index contributed by atoms with van der Waals surface area (Å²) in [4.78, 5) is 27.8. The summed E-state index contributed by atoms with van der Waals surface area (Å²) >= 11 is 1.23. The summed E-state index contributed by atoms with van der Waals surface area (Å²) in [6.07, 6.45) is -3.00. The summed E-state index contributed by atoms with van der Waals surface area (Å²) < 4.78 is 40.1. The molecule has 3 rings (SSSR count). The molecule has 0 atom stereocenters. The van der Waals surface area contributed by atoms with Gasteiger partial charge in [-0.3, -0.25) is 9.59 Å². The Morgan fingerprint density at radius 1 is 1.19 bits per heavy atom. The van der Waals surface area contributed by atoms with Crippen LogP contribution in [0.3, 0.4) is 0 Å². The maximum absolute atomic E-state index is 12.1. The number of thiazole rings is 1. The van der Waals surface area contributed by atoms with Crippen molar-refractivity contribution < 1.29 is 27.5 Å². The Hall–Kier alpha value is -2.62. The van der Waals surface area contributed by atoms with Crippen LogP contribution in [0.25, 0.3) is 0 Å². The molecule has 138 valence electrons. The molecule has 2 aromatic rings. The molecule has 26 heavy (non-hydrogen) atoms. The lowest BCUT2D eigenvalue weighted by Crippen LogP contribution is -2.17. The summed E-state index contributed by atoms with van der Waals surface area (Å²) in [5, 5.41) is 7.38. The molecule has 1 aromatic heterocycles. The van der Waals surface area contributed by atoms with Crippen molar-refractivity contribution in [2.45, 2.75) is 25.6 Å². The number of anilines is 2. The van der Waals surface area contributed by atoms with Crippen molar-refractivity contribution in [1.82, 2.24) is 4.98 Å². The van der Waals surface area contributed by atoms with E-state index in [1.54, 1.807) is 5.38 Å². The average molecular weight is 385 g/mol. The monoisotopic (exact) mass is 385 g/mol. The predicted molar refractivity (Wildman–Crippen MR) is 88.9 cm³/mol. The van der Waals surface area contributed by atoms with Crippen molar-refractivity contribution in [3.8, 4) is 5.75 Å². The van der Waals surface area contributed by atoms with E-state index in [9.17, 15) is 22.8 Å². The first-order valence-electron chi connectivity index (χ1n) is 7.69. The van der Waals surface area contributed by atoms with Crippen molar-refractivity contribution in [2.24, 2.45) is 5.92 Å². The van der Waals surface area contributed by atoms with E-state index in [4.69, 9.17) is 0 Å². The number of nitrogens with one attached hydrogen (secondary N) is 2. The predicted octanol–water partition coefficient (Wildman–Crippen LogP) is 3.57. The van der Waals surface area contributed by atoms with E-state index >= 15 is 0 Å². The van der Waals surface area contributed by atoms with Gasteiger partial charge in [0.25, 0.3) is 0 Å². The molecule has 2 amide bonds. The van der Waals surface area contributed by atoms with E-state index < -0.39 is 6.36 Å². The molecule has 0 radical (unpaired) electrons. The van der Waals surface area contributed by atoms with Gasteiger partial charge in [-0.1, -0.05) is 0 Å². The minimum Gasteiger partial charge on any atom is -0.406 e. The minimum atomic E-state index is -4.76. The fourth-order valence-electron chi connectivity index (χ4n) is 2.11. The van der Waals surface area contributed by atoms with Crippen molar-refractivity contribution in [3.63, 3.8) is 0 Å². The molecular formula is C16H14F3N3O3S. The van der Waals surface area contributed by atoms with Gasteiger partial charge < -0.3 is 15.4 Å². The number of carbonyl (C=O) groups excluding carboxylic acids is 2. The Morgan fingerprint density at radius 2 is 1.88 bits per heavy atom. The molecule has 0 bridgehead atoms. The second-order valence-corrected chi connectivity index (χ2v) is 6.56. The number of hydrogen-bond acceptors (Lipinski definition) is 5. The molecule has 1 aliphatic rings. The third-order valence-electron chi connectivity index (χ3n) is 3.44. The lowest BCUT2D eigenvalue weighted by atomic mass is 10.2. The largest absolute Gasteiger partial charge is 0.573 e. The molecular weight excluding hydrogens is 371 g/mol. The van der Waals surface area contributed by atoms with Crippen LogP contribution in [0, 0.1) is 5.92 Å². The third-order valence-corrected chi connectivity index (χ3v) is 4.25. The Labute approximate surface area is 150 Å². The van der Waals surface area contributed by atoms with Crippen LogP contribution in [0.4, 0.5) is 24.0 Å². The number of rotatable bonds is 6. The number of halogens is 3. The number of hydrogen-bond donors (Lipinski definition) is 2. The summed E-state index contributed by atoms with van der Waals surface area (Å²) in [6, 6.07) is 4.83. The molecule has 1 aliphatic carbocycles. The molecule has 1 fully saturated rings. The number of carbonyl (C=O) groups is 2. The lowest BCUT2D eigenvalue weighted by Gasteiger charge is -2.09. The van der Waals surface area contributed by atoms with Crippen molar-refractivity contribution in [2.75, 3.05) is 10.6 Å². The maximum Gasteiger partial charge on any atom is 0.573 e. The first-order chi connectivity index (χ1) is 12.3. The van der Waals surface area contributed by atoms with Gasteiger partial charge in [-0.25, -0.2) is 4.98 Å². The Morgan fingerprint density at radius 3 is 2.50 bits per heavy atom. The van der Waals surface area contributed by atoms with E-state index in [-0.39, 0.29) is 29.9 Å². The van der Waals surface area contributed by atoms with Gasteiger partial charge in [0.2, 0.25) is 11.8 Å². The molecule has 0 aliphatic heterocycles. The van der Waals surface area contributed by atoms with Crippen LogP contribution in [-0.2, 0) is 16.0 Å². The van der Waals surface area contributed by atoms with Crippen LogP contribution < -0.4 is 15.4 Å². The summed E-state index contributed by atoms with van der Waals surface area (Å²) in [6.45, 7) is 0. The summed E-state index contributed by atoms with van der Waals surface area (Å²) in [5.74, 6) is -0.739. The number of nitrogens with zero attached hydrogens (tertiary/aromatic N) is 1.